The van der Waals surface area contributed by atoms with Crippen LogP contribution >= 0.6 is 0 Å². The minimum absolute atomic E-state index is 0. The average molecular weight is 510 g/mol. The summed E-state index contributed by atoms with van der Waals surface area (Å²) in [5.41, 5.74) is 0. The van der Waals surface area contributed by atoms with E-state index in [1.165, 1.54) is 12.1 Å². The van der Waals surface area contributed by atoms with Crippen LogP contribution in [0.4, 0.5) is 0 Å². The van der Waals surface area contributed by atoms with Gasteiger partial charge in [-0.15, -0.1) is 5.75 Å². The van der Waals surface area contributed by atoms with Crippen LogP contribution < -0.4 is 40.0 Å². The topological polar surface area (TPSA) is 41.5 Å². The van der Waals surface area contributed by atoms with Crippen LogP contribution in [0, 0.1) is 0 Å². The fourth-order valence-electron chi connectivity index (χ4n) is 1.51. The monoisotopic (exact) mass is 510 g/mol. The van der Waals surface area contributed by atoms with Crippen LogP contribution in [-0.4, -0.2) is 25.1 Å². The van der Waals surface area contributed by atoms with Crippen molar-refractivity contribution in [3.63, 3.8) is 0 Å². The van der Waals surface area contributed by atoms with Crippen molar-refractivity contribution in [2.24, 2.45) is 0 Å². The molecule has 0 spiro atoms. The van der Waals surface area contributed by atoms with Gasteiger partial charge < -0.3 is 5.11 Å². The van der Waals surface area contributed by atoms with Crippen molar-refractivity contribution in [3.05, 3.63) is 91.0 Å². The first-order valence-corrected chi connectivity index (χ1v) is 9.93. The van der Waals surface area contributed by atoms with Gasteiger partial charge in [-0.05, 0) is 0 Å². The summed E-state index contributed by atoms with van der Waals surface area (Å²) < 4.78 is 11.2. The van der Waals surface area contributed by atoms with Crippen molar-refractivity contribution >= 4 is 25.1 Å². The molecule has 0 atom stereocenters. The Labute approximate surface area is 172 Å². The van der Waals surface area contributed by atoms with E-state index in [0.29, 0.717) is 0 Å². The van der Waals surface area contributed by atoms with Crippen molar-refractivity contribution in [2.45, 2.75) is 0 Å². The van der Waals surface area contributed by atoms with E-state index in [4.69, 9.17) is 5.37 Å². The van der Waals surface area contributed by atoms with Crippen LogP contribution in [0.1, 0.15) is 0 Å². The molecule has 3 aromatic carbocycles. The maximum absolute atomic E-state index is 10.3. The maximum atomic E-state index is 10.3. The van der Waals surface area contributed by atoms with Gasteiger partial charge in [-0.1, -0.05) is 30.3 Å². The summed E-state index contributed by atoms with van der Waals surface area (Å²) in [6.45, 7) is 0. The fraction of sp³-hybridized carbons (Fsp3) is 0. The minimum atomic E-state index is -1.47. The zero-order valence-electron chi connectivity index (χ0n) is 12.9. The first-order chi connectivity index (χ1) is 10.8. The average Bonchev–Trinajstić information content (AvgIpc) is 2.58. The summed E-state index contributed by atoms with van der Waals surface area (Å²) >= 11 is -1.47. The van der Waals surface area contributed by atoms with E-state index in [2.05, 4.69) is 0 Å². The molecule has 5 heteroatoms. The summed E-state index contributed by atoms with van der Waals surface area (Å²) in [7, 11) is 0. The predicted molar refractivity (Wildman–Crippen MR) is 85.8 cm³/mol. The van der Waals surface area contributed by atoms with Gasteiger partial charge in [0.25, 0.3) is 0 Å². The van der Waals surface area contributed by atoms with Gasteiger partial charge >= 0.3 is 132 Å². The Morgan fingerprint density at radius 1 is 0.565 bits per heavy atom. The van der Waals surface area contributed by atoms with E-state index in [9.17, 15) is 5.11 Å². The molecule has 3 nitrogen and oxygen atoms in total. The molecule has 3 rings (SSSR count). The summed E-state index contributed by atoms with van der Waals surface area (Å²) in [4.78, 5) is 0. The zero-order chi connectivity index (χ0) is 15.5. The van der Waals surface area contributed by atoms with Crippen LogP contribution in [-0.2, 0) is 0 Å². The molecule has 110 valence electrons. The second kappa shape index (κ2) is 12.4. The number of rotatable bonds is 4. The van der Waals surface area contributed by atoms with Gasteiger partial charge in [0, 0.05) is 0 Å². The first-order valence-electron chi connectivity index (χ1n) is 6.75. The molecular formula is C18H15NaO3Pb. The molecule has 0 unspecified atom stereocenters. The number of hydrogen-bond donors (Lipinski definition) is 0. The molecule has 0 saturated heterocycles. The van der Waals surface area contributed by atoms with E-state index in [1.807, 2.05) is 66.7 Å². The molecule has 2 radical (unpaired) electrons. The number of para-hydroxylation sites is 3. The van der Waals surface area contributed by atoms with Crippen molar-refractivity contribution in [1.29, 1.82) is 0 Å². The molecule has 0 heterocycles. The summed E-state index contributed by atoms with van der Waals surface area (Å²) in [6.07, 6.45) is 0. The summed E-state index contributed by atoms with van der Waals surface area (Å²) in [6, 6.07) is 27.9. The molecule has 0 aliphatic heterocycles. The molecule has 0 bridgehead atoms. The Hall–Kier alpha value is -1.02. The van der Waals surface area contributed by atoms with Gasteiger partial charge in [-0.25, -0.2) is 0 Å². The fourth-order valence-corrected chi connectivity index (χ4v) is 3.48. The van der Waals surface area contributed by atoms with E-state index in [1.54, 1.807) is 12.1 Å². The first kappa shape index (κ1) is 20.0. The zero-order valence-corrected chi connectivity index (χ0v) is 18.8. The third-order valence-electron chi connectivity index (χ3n) is 2.55. The van der Waals surface area contributed by atoms with E-state index < -0.39 is 25.1 Å². The predicted octanol–water partition coefficient (Wildman–Crippen LogP) is 0.443. The SMILES string of the molecule is [Na+].[O-]c1ccccc1.c1ccc([O][Pb][O]c2ccccc2)cc1. The van der Waals surface area contributed by atoms with Gasteiger partial charge in [-0.3, -0.25) is 0 Å². The molecule has 0 N–H and O–H groups in total. The van der Waals surface area contributed by atoms with Crippen molar-refractivity contribution < 1.29 is 40.0 Å². The van der Waals surface area contributed by atoms with Gasteiger partial charge in [-0.2, -0.15) is 0 Å². The number of hydrogen-bond acceptors (Lipinski definition) is 3. The molecule has 0 saturated carbocycles. The second-order valence-electron chi connectivity index (χ2n) is 4.23. The number of benzene rings is 3. The second-order valence-corrected chi connectivity index (χ2v) is 6.46. The van der Waals surface area contributed by atoms with Gasteiger partial charge in [0.2, 0.25) is 0 Å². The van der Waals surface area contributed by atoms with Crippen LogP contribution in [0.3, 0.4) is 0 Å². The molecule has 0 aromatic heterocycles. The van der Waals surface area contributed by atoms with Crippen LogP contribution in [0.25, 0.3) is 0 Å². The molecule has 0 fully saturated rings. The Morgan fingerprint density at radius 2 is 0.913 bits per heavy atom. The Bertz CT molecular complexity index is 597. The van der Waals surface area contributed by atoms with Crippen molar-refractivity contribution in [3.8, 4) is 17.2 Å². The summed E-state index contributed by atoms with van der Waals surface area (Å²) in [5.74, 6) is 1.87. The van der Waals surface area contributed by atoms with Crippen LogP contribution in [0.5, 0.6) is 17.2 Å². The molecular weight excluding hydrogens is 494 g/mol. The molecule has 0 aliphatic carbocycles. The van der Waals surface area contributed by atoms with Crippen LogP contribution in [0.15, 0.2) is 91.0 Å². The van der Waals surface area contributed by atoms with E-state index >= 15 is 0 Å². The Morgan fingerprint density at radius 3 is 1.22 bits per heavy atom. The van der Waals surface area contributed by atoms with Gasteiger partial charge in [0.15, 0.2) is 0 Å². The van der Waals surface area contributed by atoms with Crippen molar-refractivity contribution in [1.82, 2.24) is 0 Å². The van der Waals surface area contributed by atoms with Gasteiger partial charge in [0.05, 0.1) is 0 Å². The van der Waals surface area contributed by atoms with Crippen LogP contribution in [0.2, 0.25) is 0 Å². The Balaban J connectivity index is 0.000000280. The molecule has 0 amide bonds. The quantitative estimate of drug-likeness (QED) is 0.480. The normalized spacial score (nSPS) is 8.87. The molecule has 23 heavy (non-hydrogen) atoms. The van der Waals surface area contributed by atoms with Crippen molar-refractivity contribution in [2.75, 3.05) is 0 Å². The third kappa shape index (κ3) is 9.00. The molecule has 0 aliphatic rings. The molecule has 3 aromatic rings. The Kier molecular flexibility index (Phi) is 10.8. The standard InChI is InChI=1S/3C6H6O.Na.Pb/c3*7-6-4-2-1-3-5-6;;/h3*1-5,7H;;/q;;;+1;+2/p-3. The van der Waals surface area contributed by atoms with Gasteiger partial charge in [0.1, 0.15) is 0 Å². The van der Waals surface area contributed by atoms with E-state index in [0.717, 1.165) is 11.5 Å². The van der Waals surface area contributed by atoms with E-state index in [-0.39, 0.29) is 35.3 Å². The third-order valence-corrected chi connectivity index (χ3v) is 5.03. The summed E-state index contributed by atoms with van der Waals surface area (Å²) in [5, 5.41) is 10.3.